The first-order valence-electron chi connectivity index (χ1n) is 7.17. The molecule has 0 aliphatic carbocycles. The monoisotopic (exact) mass is 358 g/mol. The summed E-state index contributed by atoms with van der Waals surface area (Å²) in [6, 6.07) is 14.9. The third-order valence-corrected chi connectivity index (χ3v) is 3.42. The summed E-state index contributed by atoms with van der Waals surface area (Å²) in [7, 11) is 0. The molecular weight excluding hydrogens is 344 g/mol. The van der Waals surface area contributed by atoms with Crippen molar-refractivity contribution in [3.63, 3.8) is 0 Å². The summed E-state index contributed by atoms with van der Waals surface area (Å²) in [6.45, 7) is 0.596. The number of hydrogen-bond acceptors (Lipinski definition) is 4. The topological polar surface area (TPSA) is 50.7 Å². The maximum Gasteiger partial charge on any atom is 0.407 e. The summed E-state index contributed by atoms with van der Waals surface area (Å²) < 4.78 is 5.11. The highest BCUT2D eigenvalue weighted by Crippen LogP contribution is 2.25. The van der Waals surface area contributed by atoms with Gasteiger partial charge in [0.05, 0.1) is 15.9 Å². The van der Waals surface area contributed by atoms with E-state index in [9.17, 15) is 4.79 Å². The van der Waals surface area contributed by atoms with E-state index in [0.717, 1.165) is 11.1 Å². The van der Waals surface area contributed by atoms with Gasteiger partial charge in [-0.2, -0.15) is 4.99 Å². The standard InChI is InChI=1S/C18H15ClN2O2S/c19-16-11-14(8-9-17(16)21-13-24)7-4-10-20-18(22)23-12-15-5-2-1-3-6-15/h1-9,11H,10,12H2,(H,20,22). The lowest BCUT2D eigenvalue weighted by molar-refractivity contribution is 0.141. The van der Waals surface area contributed by atoms with E-state index in [0.29, 0.717) is 17.3 Å². The van der Waals surface area contributed by atoms with Crippen molar-refractivity contribution in [3.05, 3.63) is 70.8 Å². The lowest BCUT2D eigenvalue weighted by Gasteiger charge is -2.05. The number of rotatable bonds is 6. The molecule has 2 rings (SSSR count). The Morgan fingerprint density at radius 1 is 1.29 bits per heavy atom. The van der Waals surface area contributed by atoms with Crippen LogP contribution in [-0.2, 0) is 11.3 Å². The molecule has 0 aliphatic rings. The zero-order valence-electron chi connectivity index (χ0n) is 12.7. The minimum absolute atomic E-state index is 0.244. The van der Waals surface area contributed by atoms with Crippen molar-refractivity contribution in [1.82, 2.24) is 5.32 Å². The van der Waals surface area contributed by atoms with Gasteiger partial charge in [0, 0.05) is 6.54 Å². The molecule has 24 heavy (non-hydrogen) atoms. The molecule has 0 heterocycles. The average Bonchev–Trinajstić information content (AvgIpc) is 2.60. The highest BCUT2D eigenvalue weighted by atomic mass is 35.5. The number of nitrogens with one attached hydrogen (secondary N) is 1. The van der Waals surface area contributed by atoms with Crippen molar-refractivity contribution in [3.8, 4) is 0 Å². The number of alkyl carbamates (subject to hydrolysis) is 1. The fourth-order valence-electron chi connectivity index (χ4n) is 1.88. The molecule has 6 heteroatoms. The van der Waals surface area contributed by atoms with Gasteiger partial charge in [0.25, 0.3) is 0 Å². The fraction of sp³-hybridized carbons (Fsp3) is 0.111. The van der Waals surface area contributed by atoms with Crippen molar-refractivity contribution in [2.75, 3.05) is 6.54 Å². The molecule has 0 saturated carbocycles. The van der Waals surface area contributed by atoms with Crippen LogP contribution in [-0.4, -0.2) is 17.8 Å². The maximum absolute atomic E-state index is 11.6. The van der Waals surface area contributed by atoms with E-state index in [1.807, 2.05) is 42.5 Å². The Morgan fingerprint density at radius 3 is 2.79 bits per heavy atom. The number of halogens is 1. The van der Waals surface area contributed by atoms with Crippen LogP contribution in [0.1, 0.15) is 11.1 Å². The van der Waals surface area contributed by atoms with E-state index >= 15 is 0 Å². The van der Waals surface area contributed by atoms with Crippen molar-refractivity contribution >= 4 is 46.8 Å². The van der Waals surface area contributed by atoms with Crippen molar-refractivity contribution in [2.45, 2.75) is 6.61 Å². The normalized spacial score (nSPS) is 10.2. The quantitative estimate of drug-likeness (QED) is 0.583. The van der Waals surface area contributed by atoms with Gasteiger partial charge in [-0.3, -0.25) is 0 Å². The Hall–Kier alpha value is -2.46. The van der Waals surface area contributed by atoms with Gasteiger partial charge in [-0.05, 0) is 35.5 Å². The lowest BCUT2D eigenvalue weighted by Crippen LogP contribution is -2.24. The van der Waals surface area contributed by atoms with Crippen LogP contribution in [0, 0.1) is 0 Å². The predicted octanol–water partition coefficient (Wildman–Crippen LogP) is 5.01. The number of amides is 1. The number of aliphatic imine (C=N–C) groups is 1. The summed E-state index contributed by atoms with van der Waals surface area (Å²) >= 11 is 10.6. The molecule has 0 unspecified atom stereocenters. The molecule has 1 N–H and O–H groups in total. The maximum atomic E-state index is 11.6. The first-order valence-corrected chi connectivity index (χ1v) is 7.96. The molecule has 0 fully saturated rings. The fourth-order valence-corrected chi connectivity index (χ4v) is 2.21. The number of carbonyl (C=O) groups is 1. The van der Waals surface area contributed by atoms with Crippen molar-refractivity contribution in [2.24, 2.45) is 4.99 Å². The molecule has 4 nitrogen and oxygen atoms in total. The second-order valence-electron chi connectivity index (χ2n) is 4.76. The van der Waals surface area contributed by atoms with Crippen LogP contribution in [0.4, 0.5) is 10.5 Å². The molecule has 0 aromatic heterocycles. The summed E-state index contributed by atoms with van der Waals surface area (Å²) in [5, 5.41) is 5.41. The molecule has 2 aromatic rings. The number of thiocarbonyl (C=S) groups is 1. The van der Waals surface area contributed by atoms with Gasteiger partial charge in [0.15, 0.2) is 0 Å². The number of isothiocyanates is 1. The molecule has 0 bridgehead atoms. The van der Waals surface area contributed by atoms with Gasteiger partial charge in [-0.15, -0.1) is 0 Å². The molecule has 0 aliphatic heterocycles. The third-order valence-electron chi connectivity index (χ3n) is 3.03. The third kappa shape index (κ3) is 5.97. The highest BCUT2D eigenvalue weighted by molar-refractivity contribution is 7.78. The van der Waals surface area contributed by atoms with Gasteiger partial charge in [-0.1, -0.05) is 60.2 Å². The van der Waals surface area contributed by atoms with Crippen LogP contribution in [0.25, 0.3) is 6.08 Å². The Kier molecular flexibility index (Phi) is 7.18. The predicted molar refractivity (Wildman–Crippen MR) is 99.8 cm³/mol. The van der Waals surface area contributed by atoms with E-state index in [1.54, 1.807) is 18.2 Å². The van der Waals surface area contributed by atoms with Crippen LogP contribution in [0.15, 0.2) is 59.6 Å². The zero-order chi connectivity index (χ0) is 17.2. The Bertz CT molecular complexity index is 772. The number of ether oxygens (including phenoxy) is 1. The van der Waals surface area contributed by atoms with Gasteiger partial charge in [-0.25, -0.2) is 4.79 Å². The average molecular weight is 359 g/mol. The largest absolute Gasteiger partial charge is 0.445 e. The number of carbonyl (C=O) groups excluding carboxylic acids is 1. The Labute approximate surface area is 150 Å². The van der Waals surface area contributed by atoms with E-state index < -0.39 is 6.09 Å². The molecule has 122 valence electrons. The van der Waals surface area contributed by atoms with Crippen molar-refractivity contribution in [1.29, 1.82) is 0 Å². The molecule has 0 saturated heterocycles. The first-order chi connectivity index (χ1) is 11.7. The molecule has 2 aromatic carbocycles. The number of hydrogen-bond donors (Lipinski definition) is 1. The number of nitrogens with zero attached hydrogens (tertiary/aromatic N) is 1. The molecular formula is C18H15ClN2O2S. The molecule has 0 atom stereocenters. The summed E-state index contributed by atoms with van der Waals surface area (Å²) in [6.07, 6.45) is 3.18. The minimum Gasteiger partial charge on any atom is -0.445 e. The van der Waals surface area contributed by atoms with E-state index in [2.05, 4.69) is 27.7 Å². The summed E-state index contributed by atoms with van der Waals surface area (Å²) in [5.74, 6) is 0. The molecule has 1 amide bonds. The van der Waals surface area contributed by atoms with Crippen molar-refractivity contribution < 1.29 is 9.53 Å². The molecule has 0 spiro atoms. The molecule has 0 radical (unpaired) electrons. The minimum atomic E-state index is -0.466. The Morgan fingerprint density at radius 2 is 2.08 bits per heavy atom. The smallest absolute Gasteiger partial charge is 0.407 e. The van der Waals surface area contributed by atoms with E-state index in [4.69, 9.17) is 16.3 Å². The van der Waals surface area contributed by atoms with E-state index in [-0.39, 0.29) is 6.61 Å². The van der Waals surface area contributed by atoms with Gasteiger partial charge in [0.1, 0.15) is 6.61 Å². The number of benzene rings is 2. The summed E-state index contributed by atoms with van der Waals surface area (Å²) in [5.41, 5.74) is 2.41. The zero-order valence-corrected chi connectivity index (χ0v) is 14.3. The van der Waals surface area contributed by atoms with E-state index in [1.165, 1.54) is 0 Å². The van der Waals surface area contributed by atoms with Crippen LogP contribution < -0.4 is 5.32 Å². The first kappa shape index (κ1) is 17.9. The van der Waals surface area contributed by atoms with Crippen LogP contribution in [0.3, 0.4) is 0 Å². The second kappa shape index (κ2) is 9.63. The van der Waals surface area contributed by atoms with Crippen LogP contribution >= 0.6 is 23.8 Å². The van der Waals surface area contributed by atoms with Crippen LogP contribution in [0.5, 0.6) is 0 Å². The summed E-state index contributed by atoms with van der Waals surface area (Å²) in [4.78, 5) is 15.4. The van der Waals surface area contributed by atoms with Gasteiger partial charge >= 0.3 is 6.09 Å². The second-order valence-corrected chi connectivity index (χ2v) is 5.35. The van der Waals surface area contributed by atoms with Gasteiger partial charge < -0.3 is 10.1 Å². The SMILES string of the molecule is O=C(NCC=Cc1ccc(N=C=S)c(Cl)c1)OCc1ccccc1. The highest BCUT2D eigenvalue weighted by Gasteiger charge is 2.01. The lowest BCUT2D eigenvalue weighted by atomic mass is 10.2. The Balaban J connectivity index is 1.76. The van der Waals surface area contributed by atoms with Crippen LogP contribution in [0.2, 0.25) is 5.02 Å². The van der Waals surface area contributed by atoms with Gasteiger partial charge in [0.2, 0.25) is 0 Å².